The summed E-state index contributed by atoms with van der Waals surface area (Å²) < 4.78 is 30.4. The summed E-state index contributed by atoms with van der Waals surface area (Å²) in [6, 6.07) is 8.18. The molecule has 0 amide bonds. The molecule has 0 radical (unpaired) electrons. The minimum atomic E-state index is -3.12. The molecule has 1 atom stereocenters. The Morgan fingerprint density at radius 1 is 1.33 bits per heavy atom. The van der Waals surface area contributed by atoms with Gasteiger partial charge in [-0.1, -0.05) is 17.7 Å². The van der Waals surface area contributed by atoms with Gasteiger partial charge in [0.25, 0.3) is 0 Å². The molecule has 24 heavy (non-hydrogen) atoms. The number of aromatic nitrogens is 1. The van der Waals surface area contributed by atoms with Crippen LogP contribution >= 0.6 is 0 Å². The summed E-state index contributed by atoms with van der Waals surface area (Å²) in [5, 5.41) is 3.39. The van der Waals surface area contributed by atoms with Gasteiger partial charge in [-0.25, -0.2) is 17.7 Å². The zero-order valence-corrected chi connectivity index (χ0v) is 14.8. The van der Waals surface area contributed by atoms with E-state index in [0.29, 0.717) is 25.5 Å². The lowest BCUT2D eigenvalue weighted by molar-refractivity contribution is 0.283. The van der Waals surface area contributed by atoms with Gasteiger partial charge < -0.3 is 9.73 Å². The maximum atomic E-state index is 11.7. The zero-order valence-electron chi connectivity index (χ0n) is 14.0. The fourth-order valence-corrected chi connectivity index (χ4v) is 3.79. The Morgan fingerprint density at radius 3 is 2.79 bits per heavy atom. The van der Waals surface area contributed by atoms with E-state index in [-0.39, 0.29) is 6.04 Å². The third-order valence-corrected chi connectivity index (χ3v) is 5.54. The molecule has 6 nitrogen and oxygen atoms in total. The number of benzene rings is 1. The van der Waals surface area contributed by atoms with Crippen LogP contribution in [-0.2, 0) is 16.6 Å². The Labute approximate surface area is 142 Å². The van der Waals surface area contributed by atoms with Crippen molar-refractivity contribution in [1.29, 1.82) is 0 Å². The maximum absolute atomic E-state index is 11.7. The second kappa shape index (κ2) is 7.04. The molecule has 0 aliphatic carbocycles. The van der Waals surface area contributed by atoms with E-state index >= 15 is 0 Å². The van der Waals surface area contributed by atoms with Crippen LogP contribution in [0, 0.1) is 6.92 Å². The third kappa shape index (κ3) is 4.23. The molecule has 2 heterocycles. The monoisotopic (exact) mass is 349 g/mol. The molecule has 1 aliphatic rings. The first-order chi connectivity index (χ1) is 11.4. The average Bonchev–Trinajstić information content (AvgIpc) is 3.02. The Balaban J connectivity index is 1.58. The lowest BCUT2D eigenvalue weighted by Crippen LogP contribution is -2.47. The van der Waals surface area contributed by atoms with Crippen molar-refractivity contribution >= 4 is 10.0 Å². The highest BCUT2D eigenvalue weighted by atomic mass is 32.2. The molecule has 130 valence electrons. The predicted molar refractivity (Wildman–Crippen MR) is 93.0 cm³/mol. The Hall–Kier alpha value is -1.70. The molecular weight excluding hydrogens is 326 g/mol. The third-order valence-electron chi connectivity index (χ3n) is 4.28. The van der Waals surface area contributed by atoms with Crippen LogP contribution in [0.5, 0.6) is 0 Å². The van der Waals surface area contributed by atoms with Gasteiger partial charge in [0.1, 0.15) is 6.26 Å². The highest BCUT2D eigenvalue weighted by Gasteiger charge is 2.25. The Kier molecular flexibility index (Phi) is 5.03. The number of aryl methyl sites for hydroxylation is 1. The Bertz CT molecular complexity index is 784. The van der Waals surface area contributed by atoms with E-state index < -0.39 is 10.0 Å². The number of nitrogens with one attached hydrogen (secondary N) is 1. The number of hydrogen-bond acceptors (Lipinski definition) is 5. The van der Waals surface area contributed by atoms with Crippen molar-refractivity contribution in [2.75, 3.05) is 19.3 Å². The molecule has 1 unspecified atom stereocenters. The second-order valence-corrected chi connectivity index (χ2v) is 8.33. The van der Waals surface area contributed by atoms with Crippen molar-refractivity contribution < 1.29 is 12.8 Å². The van der Waals surface area contributed by atoms with Gasteiger partial charge in [-0.15, -0.1) is 0 Å². The van der Waals surface area contributed by atoms with Gasteiger partial charge >= 0.3 is 0 Å². The van der Waals surface area contributed by atoms with E-state index in [1.165, 1.54) is 16.1 Å². The summed E-state index contributed by atoms with van der Waals surface area (Å²) in [6.07, 6.45) is 4.76. The molecule has 2 aromatic rings. The first kappa shape index (κ1) is 17.1. The van der Waals surface area contributed by atoms with E-state index in [1.54, 1.807) is 6.26 Å². The molecule has 1 fully saturated rings. The van der Waals surface area contributed by atoms with E-state index in [9.17, 15) is 8.42 Å². The van der Waals surface area contributed by atoms with E-state index in [2.05, 4.69) is 10.3 Å². The lowest BCUT2D eigenvalue weighted by Gasteiger charge is -2.31. The van der Waals surface area contributed by atoms with Crippen molar-refractivity contribution in [3.63, 3.8) is 0 Å². The number of oxazole rings is 1. The van der Waals surface area contributed by atoms with Crippen LogP contribution in [0.2, 0.25) is 0 Å². The highest BCUT2D eigenvalue weighted by Crippen LogP contribution is 2.19. The smallest absolute Gasteiger partial charge is 0.226 e. The van der Waals surface area contributed by atoms with Gasteiger partial charge in [0.2, 0.25) is 15.9 Å². The van der Waals surface area contributed by atoms with Crippen molar-refractivity contribution in [2.24, 2.45) is 0 Å². The van der Waals surface area contributed by atoms with Crippen LogP contribution < -0.4 is 5.32 Å². The summed E-state index contributed by atoms with van der Waals surface area (Å²) in [5.41, 5.74) is 2.97. The molecule has 1 N–H and O–H groups in total. The average molecular weight is 349 g/mol. The van der Waals surface area contributed by atoms with Crippen LogP contribution in [0.4, 0.5) is 0 Å². The van der Waals surface area contributed by atoms with Gasteiger partial charge in [0, 0.05) is 31.2 Å². The van der Waals surface area contributed by atoms with Gasteiger partial charge in [-0.2, -0.15) is 0 Å². The molecule has 1 aromatic heterocycles. The van der Waals surface area contributed by atoms with E-state index in [0.717, 1.165) is 24.1 Å². The molecule has 0 saturated carbocycles. The SMILES string of the molecule is Cc1ccc(-c2nc(CNC3CCCN(S(C)(=O)=O)C3)co2)cc1. The van der Waals surface area contributed by atoms with Crippen LogP contribution in [0.1, 0.15) is 24.1 Å². The second-order valence-electron chi connectivity index (χ2n) is 6.35. The van der Waals surface area contributed by atoms with Gasteiger partial charge in [0.15, 0.2) is 0 Å². The lowest BCUT2D eigenvalue weighted by atomic mass is 10.1. The zero-order chi connectivity index (χ0) is 17.2. The molecule has 0 bridgehead atoms. The number of piperidine rings is 1. The summed E-state index contributed by atoms with van der Waals surface area (Å²) in [6.45, 7) is 3.73. The summed E-state index contributed by atoms with van der Waals surface area (Å²) in [4.78, 5) is 4.50. The molecular formula is C17H23N3O3S. The van der Waals surface area contributed by atoms with Crippen molar-refractivity contribution in [1.82, 2.24) is 14.6 Å². The van der Waals surface area contributed by atoms with Crippen LogP contribution in [0.25, 0.3) is 11.5 Å². The van der Waals surface area contributed by atoms with Crippen LogP contribution in [0.15, 0.2) is 34.9 Å². The number of hydrogen-bond donors (Lipinski definition) is 1. The summed E-state index contributed by atoms with van der Waals surface area (Å²) in [5.74, 6) is 0.605. The predicted octanol–water partition coefficient (Wildman–Crippen LogP) is 2.16. The minimum absolute atomic E-state index is 0.146. The van der Waals surface area contributed by atoms with Crippen molar-refractivity contribution in [3.8, 4) is 11.5 Å². The van der Waals surface area contributed by atoms with Crippen molar-refractivity contribution in [2.45, 2.75) is 32.4 Å². The molecule has 0 spiro atoms. The van der Waals surface area contributed by atoms with Gasteiger partial charge in [0.05, 0.1) is 11.9 Å². The number of rotatable bonds is 5. The molecule has 7 heteroatoms. The van der Waals surface area contributed by atoms with Crippen LogP contribution in [0.3, 0.4) is 0 Å². The van der Waals surface area contributed by atoms with Gasteiger partial charge in [-0.3, -0.25) is 0 Å². The topological polar surface area (TPSA) is 75.4 Å². The number of sulfonamides is 1. The van der Waals surface area contributed by atoms with Gasteiger partial charge in [-0.05, 0) is 31.9 Å². The van der Waals surface area contributed by atoms with Crippen LogP contribution in [-0.4, -0.2) is 43.1 Å². The number of nitrogens with zero attached hydrogens (tertiary/aromatic N) is 2. The fourth-order valence-electron chi connectivity index (χ4n) is 2.88. The summed E-state index contributed by atoms with van der Waals surface area (Å²) in [7, 11) is -3.12. The van der Waals surface area contributed by atoms with E-state index in [1.807, 2.05) is 31.2 Å². The maximum Gasteiger partial charge on any atom is 0.226 e. The normalized spacial score (nSPS) is 19.5. The summed E-state index contributed by atoms with van der Waals surface area (Å²) >= 11 is 0. The highest BCUT2D eigenvalue weighted by molar-refractivity contribution is 7.88. The minimum Gasteiger partial charge on any atom is -0.444 e. The molecule has 1 saturated heterocycles. The Morgan fingerprint density at radius 2 is 2.08 bits per heavy atom. The van der Waals surface area contributed by atoms with E-state index in [4.69, 9.17) is 4.42 Å². The van der Waals surface area contributed by atoms with Crippen molar-refractivity contribution in [3.05, 3.63) is 41.8 Å². The first-order valence-electron chi connectivity index (χ1n) is 8.12. The standard InChI is InChI=1S/C17H23N3O3S/c1-13-5-7-14(8-6-13)17-19-16(12-23-17)10-18-15-4-3-9-20(11-15)24(2,21)22/h5-8,12,15,18H,3-4,9-11H2,1-2H3. The fraction of sp³-hybridized carbons (Fsp3) is 0.471. The largest absolute Gasteiger partial charge is 0.444 e. The molecule has 3 rings (SSSR count). The first-order valence-corrected chi connectivity index (χ1v) is 9.96. The molecule has 1 aromatic carbocycles. The quantitative estimate of drug-likeness (QED) is 0.895. The molecule has 1 aliphatic heterocycles.